The fourth-order valence-corrected chi connectivity index (χ4v) is 1.41. The van der Waals surface area contributed by atoms with Gasteiger partial charge in [0.25, 0.3) is 5.91 Å². The van der Waals surface area contributed by atoms with Crippen LogP contribution in [0.2, 0.25) is 0 Å². The Morgan fingerprint density at radius 1 is 1.41 bits per heavy atom. The topological polar surface area (TPSA) is 75.4 Å². The standard InChI is InChI=1S/C13H20N2O2/c1-8-5-10(7-11(14)6-8)12(17)15-13(3,4)9(2)16/h5-7,9,16H,14H2,1-4H3,(H,15,17). The van der Waals surface area contributed by atoms with Gasteiger partial charge in [0.1, 0.15) is 0 Å². The van der Waals surface area contributed by atoms with Crippen LogP contribution in [0.1, 0.15) is 36.7 Å². The molecule has 0 saturated carbocycles. The minimum absolute atomic E-state index is 0.230. The van der Waals surface area contributed by atoms with Crippen molar-refractivity contribution >= 4 is 11.6 Å². The van der Waals surface area contributed by atoms with Gasteiger partial charge in [-0.2, -0.15) is 0 Å². The van der Waals surface area contributed by atoms with Crippen molar-refractivity contribution in [1.29, 1.82) is 0 Å². The van der Waals surface area contributed by atoms with Crippen molar-refractivity contribution in [2.75, 3.05) is 5.73 Å². The van der Waals surface area contributed by atoms with Crippen LogP contribution in [0.15, 0.2) is 18.2 Å². The van der Waals surface area contributed by atoms with Gasteiger partial charge in [-0.1, -0.05) is 0 Å². The third-order valence-corrected chi connectivity index (χ3v) is 2.84. The van der Waals surface area contributed by atoms with E-state index in [0.717, 1.165) is 5.56 Å². The fraction of sp³-hybridized carbons (Fsp3) is 0.462. The molecule has 0 aliphatic heterocycles. The van der Waals surface area contributed by atoms with E-state index in [-0.39, 0.29) is 5.91 Å². The van der Waals surface area contributed by atoms with Crippen LogP contribution in [0.25, 0.3) is 0 Å². The Labute approximate surface area is 102 Å². The number of carbonyl (C=O) groups is 1. The van der Waals surface area contributed by atoms with Gasteiger partial charge < -0.3 is 16.2 Å². The smallest absolute Gasteiger partial charge is 0.251 e. The summed E-state index contributed by atoms with van der Waals surface area (Å²) < 4.78 is 0. The summed E-state index contributed by atoms with van der Waals surface area (Å²) in [6.45, 7) is 7.07. The van der Waals surface area contributed by atoms with Gasteiger partial charge >= 0.3 is 0 Å². The number of aliphatic hydroxyl groups excluding tert-OH is 1. The van der Waals surface area contributed by atoms with E-state index in [9.17, 15) is 9.90 Å². The van der Waals surface area contributed by atoms with E-state index in [1.54, 1.807) is 39.0 Å². The van der Waals surface area contributed by atoms with Crippen LogP contribution < -0.4 is 11.1 Å². The molecule has 0 heterocycles. The van der Waals surface area contributed by atoms with Crippen LogP contribution in [0.3, 0.4) is 0 Å². The zero-order valence-corrected chi connectivity index (χ0v) is 10.7. The molecule has 4 heteroatoms. The summed E-state index contributed by atoms with van der Waals surface area (Å²) in [5, 5.41) is 12.3. The summed E-state index contributed by atoms with van der Waals surface area (Å²) in [6, 6.07) is 5.20. The van der Waals surface area contributed by atoms with Crippen molar-refractivity contribution in [1.82, 2.24) is 5.32 Å². The predicted octanol–water partition coefficient (Wildman–Crippen LogP) is 1.47. The maximum atomic E-state index is 12.0. The van der Waals surface area contributed by atoms with E-state index >= 15 is 0 Å². The Hall–Kier alpha value is -1.55. The second-order valence-electron chi connectivity index (χ2n) is 4.98. The van der Waals surface area contributed by atoms with Gasteiger partial charge in [-0.05, 0) is 51.5 Å². The van der Waals surface area contributed by atoms with E-state index < -0.39 is 11.6 Å². The Bertz CT molecular complexity index is 405. The number of nitrogens with one attached hydrogen (secondary N) is 1. The van der Waals surface area contributed by atoms with Crippen molar-refractivity contribution in [2.45, 2.75) is 39.3 Å². The first-order valence-electron chi connectivity index (χ1n) is 5.60. The normalized spacial score (nSPS) is 13.2. The summed E-state index contributed by atoms with van der Waals surface area (Å²) in [5.41, 5.74) is 7.03. The second-order valence-corrected chi connectivity index (χ2v) is 4.98. The molecular weight excluding hydrogens is 216 g/mol. The van der Waals surface area contributed by atoms with Crippen molar-refractivity contribution in [3.63, 3.8) is 0 Å². The van der Waals surface area contributed by atoms with Gasteiger partial charge in [0.2, 0.25) is 0 Å². The third-order valence-electron chi connectivity index (χ3n) is 2.84. The highest BCUT2D eigenvalue weighted by Crippen LogP contribution is 2.14. The molecule has 0 saturated heterocycles. The van der Waals surface area contributed by atoms with E-state index in [1.165, 1.54) is 0 Å². The number of hydrogen-bond donors (Lipinski definition) is 3. The van der Waals surface area contributed by atoms with Crippen molar-refractivity contribution in [2.24, 2.45) is 0 Å². The molecule has 0 aliphatic carbocycles. The molecule has 1 amide bonds. The molecule has 0 aliphatic rings. The average Bonchev–Trinajstić information content (AvgIpc) is 2.15. The number of benzene rings is 1. The van der Waals surface area contributed by atoms with Crippen LogP contribution in [-0.2, 0) is 0 Å². The molecule has 0 fully saturated rings. The van der Waals surface area contributed by atoms with Gasteiger partial charge in [-0.3, -0.25) is 4.79 Å². The Morgan fingerprint density at radius 3 is 2.47 bits per heavy atom. The van der Waals surface area contributed by atoms with E-state index in [2.05, 4.69) is 5.32 Å². The van der Waals surface area contributed by atoms with Gasteiger partial charge in [-0.25, -0.2) is 0 Å². The Morgan fingerprint density at radius 2 is 2.00 bits per heavy atom. The zero-order valence-electron chi connectivity index (χ0n) is 10.7. The summed E-state index contributed by atoms with van der Waals surface area (Å²) in [5.74, 6) is -0.230. The first-order valence-corrected chi connectivity index (χ1v) is 5.60. The molecule has 1 unspecified atom stereocenters. The zero-order chi connectivity index (χ0) is 13.2. The van der Waals surface area contributed by atoms with Crippen LogP contribution in [0.4, 0.5) is 5.69 Å². The maximum Gasteiger partial charge on any atom is 0.251 e. The van der Waals surface area contributed by atoms with Gasteiger partial charge in [-0.15, -0.1) is 0 Å². The molecule has 17 heavy (non-hydrogen) atoms. The lowest BCUT2D eigenvalue weighted by atomic mass is 9.98. The Kier molecular flexibility index (Phi) is 3.78. The van der Waals surface area contributed by atoms with Crippen molar-refractivity contribution in [3.05, 3.63) is 29.3 Å². The minimum atomic E-state index is -0.671. The molecule has 0 spiro atoms. The molecule has 4 nitrogen and oxygen atoms in total. The lowest BCUT2D eigenvalue weighted by Crippen LogP contribution is -2.51. The van der Waals surface area contributed by atoms with Gasteiger partial charge in [0.05, 0.1) is 11.6 Å². The highest BCUT2D eigenvalue weighted by Gasteiger charge is 2.26. The molecule has 94 valence electrons. The lowest BCUT2D eigenvalue weighted by Gasteiger charge is -2.29. The quantitative estimate of drug-likeness (QED) is 0.696. The first kappa shape index (κ1) is 13.5. The van der Waals surface area contributed by atoms with Crippen LogP contribution in [0, 0.1) is 6.92 Å². The van der Waals surface area contributed by atoms with Crippen LogP contribution in [-0.4, -0.2) is 22.7 Å². The number of aryl methyl sites for hydroxylation is 1. The largest absolute Gasteiger partial charge is 0.399 e. The molecule has 0 aromatic heterocycles. The number of amides is 1. The summed E-state index contributed by atoms with van der Waals surface area (Å²) >= 11 is 0. The molecule has 0 bridgehead atoms. The third kappa shape index (κ3) is 3.46. The second kappa shape index (κ2) is 4.75. The highest BCUT2D eigenvalue weighted by molar-refractivity contribution is 5.95. The van der Waals surface area contributed by atoms with E-state index in [0.29, 0.717) is 11.3 Å². The fourth-order valence-electron chi connectivity index (χ4n) is 1.41. The van der Waals surface area contributed by atoms with E-state index in [1.807, 2.05) is 6.92 Å². The first-order chi connectivity index (χ1) is 7.72. The number of aliphatic hydroxyl groups is 1. The van der Waals surface area contributed by atoms with Crippen LogP contribution >= 0.6 is 0 Å². The molecule has 0 radical (unpaired) electrons. The SMILES string of the molecule is Cc1cc(N)cc(C(=O)NC(C)(C)C(C)O)c1. The van der Waals surface area contributed by atoms with Gasteiger partial charge in [0, 0.05) is 11.3 Å². The van der Waals surface area contributed by atoms with Crippen LogP contribution in [0.5, 0.6) is 0 Å². The average molecular weight is 236 g/mol. The lowest BCUT2D eigenvalue weighted by molar-refractivity contribution is 0.0709. The summed E-state index contributed by atoms with van der Waals surface area (Å²) in [6.07, 6.45) is -0.631. The number of anilines is 1. The van der Waals surface area contributed by atoms with Gasteiger partial charge in [0.15, 0.2) is 0 Å². The maximum absolute atomic E-state index is 12.0. The molecule has 1 aromatic carbocycles. The number of rotatable bonds is 3. The summed E-state index contributed by atoms with van der Waals surface area (Å²) in [4.78, 5) is 12.0. The molecule has 1 atom stereocenters. The number of hydrogen-bond acceptors (Lipinski definition) is 3. The molecule has 1 aromatic rings. The van der Waals surface area contributed by atoms with Crippen molar-refractivity contribution in [3.8, 4) is 0 Å². The predicted molar refractivity (Wildman–Crippen MR) is 68.8 cm³/mol. The minimum Gasteiger partial charge on any atom is -0.399 e. The monoisotopic (exact) mass is 236 g/mol. The number of nitrogen functional groups attached to an aromatic ring is 1. The summed E-state index contributed by atoms with van der Waals surface area (Å²) in [7, 11) is 0. The Balaban J connectivity index is 2.91. The molecule has 1 rings (SSSR count). The van der Waals surface area contributed by atoms with E-state index in [4.69, 9.17) is 5.73 Å². The molecule has 4 N–H and O–H groups in total. The number of carbonyl (C=O) groups excluding carboxylic acids is 1. The van der Waals surface area contributed by atoms with Crippen molar-refractivity contribution < 1.29 is 9.90 Å². The molecular formula is C13H20N2O2. The highest BCUT2D eigenvalue weighted by atomic mass is 16.3. The number of nitrogens with two attached hydrogens (primary N) is 1.